The minimum absolute atomic E-state index is 0.0673. The molecule has 1 saturated heterocycles. The Balaban J connectivity index is 2.28. The molecule has 1 atom stereocenters. The summed E-state index contributed by atoms with van der Waals surface area (Å²) in [6.45, 7) is 0. The number of hydrogen-bond acceptors (Lipinski definition) is 4. The first kappa shape index (κ1) is 11.7. The smallest absolute Gasteiger partial charge is 0.169 e. The summed E-state index contributed by atoms with van der Waals surface area (Å²) in [5.74, 6) is 1.49. The van der Waals surface area contributed by atoms with Gasteiger partial charge in [-0.15, -0.1) is 0 Å². The lowest BCUT2D eigenvalue weighted by molar-refractivity contribution is 0.628. The molecule has 1 aliphatic heterocycles. The van der Waals surface area contributed by atoms with Crippen molar-refractivity contribution in [3.8, 4) is 0 Å². The van der Waals surface area contributed by atoms with Crippen molar-refractivity contribution in [1.82, 2.24) is 0 Å². The van der Waals surface area contributed by atoms with E-state index in [1.54, 1.807) is 0 Å². The molecule has 1 aromatic carbocycles. The highest BCUT2D eigenvalue weighted by Gasteiger charge is 2.20. The van der Waals surface area contributed by atoms with Gasteiger partial charge in [-0.1, -0.05) is 11.6 Å². The zero-order valence-electron chi connectivity index (χ0n) is 8.59. The van der Waals surface area contributed by atoms with E-state index in [2.05, 4.69) is 5.32 Å². The predicted octanol–water partition coefficient (Wildman–Crippen LogP) is 2.56. The Bertz CT molecular complexity index is 408. The van der Waals surface area contributed by atoms with Gasteiger partial charge in [0.1, 0.15) is 5.02 Å². The average molecular weight is 262 g/mol. The fourth-order valence-corrected chi connectivity index (χ4v) is 2.97. The summed E-state index contributed by atoms with van der Waals surface area (Å²) in [5.41, 5.74) is 12.0. The van der Waals surface area contributed by atoms with Crippen molar-refractivity contribution in [3.63, 3.8) is 0 Å². The summed E-state index contributed by atoms with van der Waals surface area (Å²) in [7, 11) is 0. The van der Waals surface area contributed by atoms with Gasteiger partial charge in [0.2, 0.25) is 0 Å². The van der Waals surface area contributed by atoms with Crippen LogP contribution in [-0.4, -0.2) is 17.5 Å². The first-order chi connectivity index (χ1) is 7.59. The molecular formula is C10H13ClFN3S. The van der Waals surface area contributed by atoms with Crippen molar-refractivity contribution in [1.29, 1.82) is 0 Å². The van der Waals surface area contributed by atoms with Gasteiger partial charge in [0.25, 0.3) is 0 Å². The Morgan fingerprint density at radius 2 is 2.19 bits per heavy atom. The summed E-state index contributed by atoms with van der Waals surface area (Å²) < 4.78 is 13.8. The molecule has 1 unspecified atom stereocenters. The highest BCUT2D eigenvalue weighted by atomic mass is 35.5. The van der Waals surface area contributed by atoms with E-state index >= 15 is 0 Å². The highest BCUT2D eigenvalue weighted by Crippen LogP contribution is 2.35. The number of hydrogen-bond donors (Lipinski definition) is 3. The molecule has 3 nitrogen and oxygen atoms in total. The van der Waals surface area contributed by atoms with E-state index in [4.69, 9.17) is 23.1 Å². The summed E-state index contributed by atoms with van der Waals surface area (Å²) >= 11 is 7.58. The molecule has 6 heteroatoms. The molecular weight excluding hydrogens is 249 g/mol. The van der Waals surface area contributed by atoms with Gasteiger partial charge in [0.15, 0.2) is 5.82 Å². The van der Waals surface area contributed by atoms with Gasteiger partial charge in [0.05, 0.1) is 17.1 Å². The van der Waals surface area contributed by atoms with E-state index < -0.39 is 5.82 Å². The van der Waals surface area contributed by atoms with Crippen LogP contribution < -0.4 is 16.8 Å². The molecule has 0 spiro atoms. The molecule has 0 amide bonds. The molecule has 5 N–H and O–H groups in total. The zero-order chi connectivity index (χ0) is 11.7. The van der Waals surface area contributed by atoms with E-state index in [1.165, 1.54) is 6.07 Å². The van der Waals surface area contributed by atoms with Crippen LogP contribution in [0.1, 0.15) is 6.42 Å². The summed E-state index contributed by atoms with van der Waals surface area (Å²) in [6, 6.07) is 1.73. The maximum atomic E-state index is 13.8. The first-order valence-corrected chi connectivity index (χ1v) is 6.50. The lowest BCUT2D eigenvalue weighted by Crippen LogP contribution is -2.20. The van der Waals surface area contributed by atoms with Gasteiger partial charge in [-0.2, -0.15) is 11.8 Å². The van der Waals surface area contributed by atoms with Gasteiger partial charge in [0, 0.05) is 11.8 Å². The van der Waals surface area contributed by atoms with Crippen LogP contribution in [-0.2, 0) is 0 Å². The Morgan fingerprint density at radius 1 is 1.44 bits per heavy atom. The SMILES string of the molecule is Nc1cc(N)c(NC2CCSC2)c(F)c1Cl. The van der Waals surface area contributed by atoms with Crippen molar-refractivity contribution in [2.45, 2.75) is 12.5 Å². The van der Waals surface area contributed by atoms with Crippen LogP contribution in [0.2, 0.25) is 5.02 Å². The van der Waals surface area contributed by atoms with E-state index in [-0.39, 0.29) is 22.4 Å². The quantitative estimate of drug-likeness (QED) is 0.716. The van der Waals surface area contributed by atoms with E-state index in [1.807, 2.05) is 11.8 Å². The summed E-state index contributed by atoms with van der Waals surface area (Å²) in [6.07, 6.45) is 1.01. The fourth-order valence-electron chi connectivity index (χ4n) is 1.67. The van der Waals surface area contributed by atoms with Crippen LogP contribution in [0.25, 0.3) is 0 Å². The second kappa shape index (κ2) is 4.59. The maximum absolute atomic E-state index is 13.8. The predicted molar refractivity (Wildman–Crippen MR) is 69.6 cm³/mol. The minimum Gasteiger partial charge on any atom is -0.397 e. The molecule has 0 aliphatic carbocycles. The van der Waals surface area contributed by atoms with Crippen LogP contribution in [0.5, 0.6) is 0 Å². The molecule has 88 valence electrons. The van der Waals surface area contributed by atoms with Gasteiger partial charge >= 0.3 is 0 Å². The van der Waals surface area contributed by atoms with Crippen molar-refractivity contribution in [2.24, 2.45) is 0 Å². The summed E-state index contributed by atoms with van der Waals surface area (Å²) in [5, 5.41) is 3.02. The van der Waals surface area contributed by atoms with E-state index in [0.29, 0.717) is 5.69 Å². The van der Waals surface area contributed by atoms with Crippen molar-refractivity contribution < 1.29 is 4.39 Å². The number of thioether (sulfide) groups is 1. The molecule has 0 aromatic heterocycles. The third-order valence-electron chi connectivity index (χ3n) is 2.54. The number of nitrogen functional groups attached to an aromatic ring is 2. The zero-order valence-corrected chi connectivity index (χ0v) is 10.2. The van der Waals surface area contributed by atoms with Crippen LogP contribution >= 0.6 is 23.4 Å². The maximum Gasteiger partial charge on any atom is 0.169 e. The number of rotatable bonds is 2. The lowest BCUT2D eigenvalue weighted by atomic mass is 10.2. The van der Waals surface area contributed by atoms with E-state index in [0.717, 1.165) is 17.9 Å². The Hall–Kier alpha value is -0.810. The highest BCUT2D eigenvalue weighted by molar-refractivity contribution is 7.99. The number of benzene rings is 1. The standard InChI is InChI=1S/C10H13ClFN3S/c11-8-6(13)3-7(14)10(9(8)12)15-5-1-2-16-4-5/h3,5,15H,1-2,4,13-14H2. The van der Waals surface area contributed by atoms with Crippen LogP contribution in [0, 0.1) is 5.82 Å². The largest absolute Gasteiger partial charge is 0.397 e. The molecule has 1 fully saturated rings. The second-order valence-corrected chi connectivity index (χ2v) is 5.29. The third-order valence-corrected chi connectivity index (χ3v) is 4.09. The molecule has 1 aromatic rings. The van der Waals surface area contributed by atoms with Gasteiger partial charge in [-0.3, -0.25) is 0 Å². The molecule has 1 aliphatic rings. The second-order valence-electron chi connectivity index (χ2n) is 3.76. The topological polar surface area (TPSA) is 64.1 Å². The van der Waals surface area contributed by atoms with Crippen molar-refractivity contribution in [2.75, 3.05) is 28.3 Å². The van der Waals surface area contributed by atoms with Crippen LogP contribution in [0.15, 0.2) is 6.07 Å². The lowest BCUT2D eigenvalue weighted by Gasteiger charge is -2.17. The first-order valence-electron chi connectivity index (χ1n) is 4.97. The van der Waals surface area contributed by atoms with Crippen molar-refractivity contribution in [3.05, 3.63) is 16.9 Å². The molecule has 0 radical (unpaired) electrons. The number of anilines is 3. The number of halogens is 2. The third kappa shape index (κ3) is 2.15. The van der Waals surface area contributed by atoms with Gasteiger partial charge in [-0.25, -0.2) is 4.39 Å². The van der Waals surface area contributed by atoms with Crippen molar-refractivity contribution >= 4 is 40.4 Å². The summed E-state index contributed by atoms with van der Waals surface area (Å²) in [4.78, 5) is 0. The molecule has 1 heterocycles. The Morgan fingerprint density at radius 3 is 2.81 bits per heavy atom. The molecule has 0 saturated carbocycles. The van der Waals surface area contributed by atoms with E-state index in [9.17, 15) is 4.39 Å². The van der Waals surface area contributed by atoms with Gasteiger partial charge in [-0.05, 0) is 18.2 Å². The number of nitrogens with two attached hydrogens (primary N) is 2. The average Bonchev–Trinajstić information content (AvgIpc) is 2.74. The Labute approximate surface area is 103 Å². The number of nitrogens with one attached hydrogen (secondary N) is 1. The molecule has 0 bridgehead atoms. The minimum atomic E-state index is -0.559. The fraction of sp³-hybridized carbons (Fsp3) is 0.400. The molecule has 16 heavy (non-hydrogen) atoms. The monoisotopic (exact) mass is 261 g/mol. The molecule has 2 rings (SSSR count). The van der Waals surface area contributed by atoms with Crippen LogP contribution in [0.4, 0.5) is 21.5 Å². The van der Waals surface area contributed by atoms with Gasteiger partial charge < -0.3 is 16.8 Å². The van der Waals surface area contributed by atoms with Crippen LogP contribution in [0.3, 0.4) is 0 Å². The normalized spacial score (nSPS) is 20.0. The Kier molecular flexibility index (Phi) is 3.35.